The van der Waals surface area contributed by atoms with Crippen LogP contribution in [0.25, 0.3) is 0 Å². The minimum Gasteiger partial charge on any atom is -0.118 e. The first-order valence-corrected chi connectivity index (χ1v) is 13.1. The first-order valence-electron chi connectivity index (χ1n) is 9.63. The zero-order valence-electron chi connectivity index (χ0n) is 16.2. The zero-order chi connectivity index (χ0) is 17.7. The van der Waals surface area contributed by atoms with Gasteiger partial charge in [-0.2, -0.15) is 0 Å². The van der Waals surface area contributed by atoms with Crippen LogP contribution in [0.3, 0.4) is 0 Å². The lowest BCUT2D eigenvalue weighted by atomic mass is 10.0. The highest BCUT2D eigenvalue weighted by Gasteiger charge is 2.06. The van der Waals surface area contributed by atoms with E-state index in [2.05, 4.69) is 74.1 Å². The van der Waals surface area contributed by atoms with E-state index in [0.29, 0.717) is 0 Å². The SMILES string of the molecule is CCCCCCCCCCc1ccc(C#CC#C[Si](C)(C)C)cc1. The van der Waals surface area contributed by atoms with E-state index in [0.717, 1.165) is 5.56 Å². The van der Waals surface area contributed by atoms with Gasteiger partial charge in [0.05, 0.1) is 0 Å². The van der Waals surface area contributed by atoms with E-state index < -0.39 is 8.07 Å². The van der Waals surface area contributed by atoms with Gasteiger partial charge in [0.1, 0.15) is 8.07 Å². The molecule has 0 N–H and O–H groups in total. The van der Waals surface area contributed by atoms with Crippen molar-refractivity contribution in [2.24, 2.45) is 0 Å². The Labute approximate surface area is 151 Å². The van der Waals surface area contributed by atoms with Gasteiger partial charge in [0.25, 0.3) is 0 Å². The molecule has 0 saturated heterocycles. The van der Waals surface area contributed by atoms with Gasteiger partial charge >= 0.3 is 0 Å². The molecule has 0 radical (unpaired) electrons. The molecule has 0 fully saturated rings. The van der Waals surface area contributed by atoms with Crippen molar-refractivity contribution in [1.82, 2.24) is 0 Å². The normalized spacial score (nSPS) is 10.5. The third-order valence-corrected chi connectivity index (χ3v) is 4.85. The van der Waals surface area contributed by atoms with Crippen molar-refractivity contribution in [3.05, 3.63) is 35.4 Å². The summed E-state index contributed by atoms with van der Waals surface area (Å²) in [6, 6.07) is 8.70. The van der Waals surface area contributed by atoms with Crippen LogP contribution in [-0.2, 0) is 6.42 Å². The number of unbranched alkanes of at least 4 members (excludes halogenated alkanes) is 7. The van der Waals surface area contributed by atoms with Crippen LogP contribution < -0.4 is 0 Å². The Morgan fingerprint density at radius 1 is 0.750 bits per heavy atom. The van der Waals surface area contributed by atoms with Crippen molar-refractivity contribution in [2.45, 2.75) is 84.4 Å². The van der Waals surface area contributed by atoms with Crippen LogP contribution >= 0.6 is 0 Å². The van der Waals surface area contributed by atoms with Crippen molar-refractivity contribution in [3.8, 4) is 23.3 Å². The summed E-state index contributed by atoms with van der Waals surface area (Å²) in [4.78, 5) is 0. The van der Waals surface area contributed by atoms with Crippen molar-refractivity contribution in [1.29, 1.82) is 0 Å². The molecule has 1 heteroatoms. The van der Waals surface area contributed by atoms with Crippen LogP contribution in [0.4, 0.5) is 0 Å². The molecule has 0 atom stereocenters. The Kier molecular flexibility index (Phi) is 10.3. The van der Waals surface area contributed by atoms with Crippen LogP contribution in [0.5, 0.6) is 0 Å². The number of aryl methyl sites for hydroxylation is 1. The lowest BCUT2D eigenvalue weighted by Crippen LogP contribution is -2.16. The maximum Gasteiger partial charge on any atom is 0.130 e. The fraction of sp³-hybridized carbons (Fsp3) is 0.565. The first-order chi connectivity index (χ1) is 11.5. The molecule has 0 aliphatic heterocycles. The molecule has 1 rings (SSSR count). The Morgan fingerprint density at radius 2 is 1.33 bits per heavy atom. The molecule has 0 aliphatic carbocycles. The Hall–Kier alpha value is -1.44. The van der Waals surface area contributed by atoms with Gasteiger partial charge < -0.3 is 0 Å². The Morgan fingerprint density at radius 3 is 1.92 bits per heavy atom. The van der Waals surface area contributed by atoms with Gasteiger partial charge in [-0.25, -0.2) is 0 Å². The second-order valence-electron chi connectivity index (χ2n) is 7.67. The van der Waals surface area contributed by atoms with Gasteiger partial charge in [-0.1, -0.05) is 89.6 Å². The molecule has 0 heterocycles. The van der Waals surface area contributed by atoms with E-state index >= 15 is 0 Å². The predicted octanol–water partition coefficient (Wildman–Crippen LogP) is 6.60. The average Bonchev–Trinajstić information content (AvgIpc) is 2.54. The highest BCUT2D eigenvalue weighted by Crippen LogP contribution is 2.12. The quantitative estimate of drug-likeness (QED) is 0.270. The van der Waals surface area contributed by atoms with Gasteiger partial charge in [-0.05, 0) is 42.4 Å². The molecule has 0 amide bonds. The number of rotatable bonds is 9. The van der Waals surface area contributed by atoms with Crippen LogP contribution in [0, 0.1) is 23.3 Å². The summed E-state index contributed by atoms with van der Waals surface area (Å²) < 4.78 is 0. The molecule has 130 valence electrons. The highest BCUT2D eigenvalue weighted by molar-refractivity contribution is 6.83. The van der Waals surface area contributed by atoms with E-state index in [1.54, 1.807) is 0 Å². The fourth-order valence-corrected chi connectivity index (χ4v) is 2.98. The van der Waals surface area contributed by atoms with E-state index in [9.17, 15) is 0 Å². The third kappa shape index (κ3) is 11.1. The summed E-state index contributed by atoms with van der Waals surface area (Å²) in [5.41, 5.74) is 5.77. The molecule has 0 saturated carbocycles. The number of hydrogen-bond donors (Lipinski definition) is 0. The predicted molar refractivity (Wildman–Crippen MR) is 111 cm³/mol. The molecule has 1 aromatic carbocycles. The summed E-state index contributed by atoms with van der Waals surface area (Å²) in [5, 5.41) is 0. The highest BCUT2D eigenvalue weighted by atomic mass is 28.3. The fourth-order valence-electron chi connectivity index (χ4n) is 2.54. The molecule has 0 aliphatic rings. The largest absolute Gasteiger partial charge is 0.130 e. The second-order valence-corrected chi connectivity index (χ2v) is 12.4. The molecule has 0 unspecified atom stereocenters. The van der Waals surface area contributed by atoms with Crippen molar-refractivity contribution in [2.75, 3.05) is 0 Å². The standard InChI is InChI=1S/C23H34Si/c1-5-6-7-8-9-10-11-12-15-22-17-19-23(20-18-22)16-13-14-21-24(2,3)4/h17-20H,5-12,15H2,1-4H3. The van der Waals surface area contributed by atoms with Crippen molar-refractivity contribution >= 4 is 8.07 Å². The lowest BCUT2D eigenvalue weighted by molar-refractivity contribution is 0.575. The summed E-state index contributed by atoms with van der Waals surface area (Å²) in [6.45, 7) is 8.99. The maximum atomic E-state index is 3.27. The molecule has 0 spiro atoms. The van der Waals surface area contributed by atoms with Crippen LogP contribution in [0.15, 0.2) is 24.3 Å². The van der Waals surface area contributed by atoms with Crippen LogP contribution in [0.1, 0.15) is 69.4 Å². The third-order valence-electron chi connectivity index (χ3n) is 3.98. The monoisotopic (exact) mass is 338 g/mol. The number of hydrogen-bond acceptors (Lipinski definition) is 0. The van der Waals surface area contributed by atoms with E-state index in [4.69, 9.17) is 0 Å². The number of benzene rings is 1. The smallest absolute Gasteiger partial charge is 0.118 e. The topological polar surface area (TPSA) is 0 Å². The second kappa shape index (κ2) is 12.0. The molecule has 0 bridgehead atoms. The van der Waals surface area contributed by atoms with E-state index in [1.807, 2.05) is 0 Å². The van der Waals surface area contributed by atoms with Crippen molar-refractivity contribution < 1.29 is 0 Å². The lowest BCUT2D eigenvalue weighted by Gasteiger charge is -2.03. The van der Waals surface area contributed by atoms with Gasteiger partial charge in [-0.3, -0.25) is 0 Å². The summed E-state index contributed by atoms with van der Waals surface area (Å²) in [7, 11) is -1.30. The summed E-state index contributed by atoms with van der Waals surface area (Å²) >= 11 is 0. The summed E-state index contributed by atoms with van der Waals surface area (Å²) in [5.74, 6) is 9.13. The van der Waals surface area contributed by atoms with E-state index in [1.165, 1.54) is 63.4 Å². The molecule has 24 heavy (non-hydrogen) atoms. The summed E-state index contributed by atoms with van der Waals surface area (Å²) in [6.07, 6.45) is 12.2. The molecular weight excluding hydrogens is 304 g/mol. The van der Waals surface area contributed by atoms with E-state index in [-0.39, 0.29) is 0 Å². The van der Waals surface area contributed by atoms with Gasteiger partial charge in [-0.15, -0.1) is 5.54 Å². The maximum absolute atomic E-state index is 3.27. The zero-order valence-corrected chi connectivity index (χ0v) is 17.2. The van der Waals surface area contributed by atoms with Crippen LogP contribution in [-0.4, -0.2) is 8.07 Å². The molecule has 0 aromatic heterocycles. The van der Waals surface area contributed by atoms with Gasteiger partial charge in [0.2, 0.25) is 0 Å². The minimum atomic E-state index is -1.30. The average molecular weight is 339 g/mol. The Bertz CT molecular complexity index is 567. The minimum absolute atomic E-state index is 1.07. The molecular formula is C23H34Si. The van der Waals surface area contributed by atoms with Crippen LogP contribution in [0.2, 0.25) is 19.6 Å². The van der Waals surface area contributed by atoms with Gasteiger partial charge in [0.15, 0.2) is 0 Å². The van der Waals surface area contributed by atoms with Gasteiger partial charge in [0, 0.05) is 5.56 Å². The van der Waals surface area contributed by atoms with Crippen molar-refractivity contribution in [3.63, 3.8) is 0 Å². The molecule has 1 aromatic rings. The Balaban J connectivity index is 2.25. The first kappa shape index (κ1) is 20.6. The molecule has 0 nitrogen and oxygen atoms in total.